The van der Waals surface area contributed by atoms with E-state index in [1.54, 1.807) is 6.07 Å². The number of nitrogens with zero attached hydrogens (tertiary/aromatic N) is 1. The summed E-state index contributed by atoms with van der Waals surface area (Å²) in [4.78, 5) is 2.05. The normalized spacial score (nSPS) is 11.5. The molecule has 3 heteroatoms. The number of hydrogen-bond donors (Lipinski definition) is 1. The molecule has 84 valence electrons. The Balaban J connectivity index is 2.87. The van der Waals surface area contributed by atoms with Crippen LogP contribution >= 0.6 is 0 Å². The van der Waals surface area contributed by atoms with Crippen LogP contribution in [0.25, 0.3) is 0 Å². The Kier molecular flexibility index (Phi) is 3.22. The van der Waals surface area contributed by atoms with Gasteiger partial charge in [0.1, 0.15) is 5.82 Å². The van der Waals surface area contributed by atoms with Crippen molar-refractivity contribution in [3.05, 3.63) is 24.0 Å². The van der Waals surface area contributed by atoms with Crippen LogP contribution in [0.15, 0.2) is 18.2 Å². The minimum Gasteiger partial charge on any atom is -0.397 e. The number of halogens is 1. The third-order valence-corrected chi connectivity index (χ3v) is 2.11. The first-order valence-corrected chi connectivity index (χ1v) is 5.06. The molecule has 15 heavy (non-hydrogen) atoms. The predicted octanol–water partition coefficient (Wildman–Crippen LogP) is 2.89. The smallest absolute Gasteiger partial charge is 0.125 e. The Hall–Kier alpha value is -1.25. The van der Waals surface area contributed by atoms with Crippen LogP contribution in [-0.4, -0.2) is 13.6 Å². The highest BCUT2D eigenvalue weighted by Crippen LogP contribution is 2.26. The molecular weight excluding hydrogens is 191 g/mol. The highest BCUT2D eigenvalue weighted by atomic mass is 19.1. The summed E-state index contributed by atoms with van der Waals surface area (Å²) in [6, 6.07) is 4.51. The number of rotatable bonds is 2. The Morgan fingerprint density at radius 1 is 1.33 bits per heavy atom. The molecule has 0 atom stereocenters. The van der Waals surface area contributed by atoms with E-state index in [0.717, 1.165) is 12.2 Å². The average Bonchev–Trinajstić information content (AvgIpc) is 1.99. The average molecular weight is 210 g/mol. The zero-order valence-corrected chi connectivity index (χ0v) is 9.84. The molecule has 0 aliphatic rings. The van der Waals surface area contributed by atoms with Crippen LogP contribution in [0.5, 0.6) is 0 Å². The van der Waals surface area contributed by atoms with Crippen LogP contribution in [0.1, 0.15) is 20.8 Å². The van der Waals surface area contributed by atoms with Gasteiger partial charge in [0.05, 0.1) is 11.4 Å². The van der Waals surface area contributed by atoms with Crippen LogP contribution in [0.3, 0.4) is 0 Å². The van der Waals surface area contributed by atoms with Crippen molar-refractivity contribution in [1.82, 2.24) is 0 Å². The summed E-state index contributed by atoms with van der Waals surface area (Å²) in [5.74, 6) is -0.291. The van der Waals surface area contributed by atoms with Crippen LogP contribution in [-0.2, 0) is 0 Å². The van der Waals surface area contributed by atoms with Gasteiger partial charge in [-0.15, -0.1) is 0 Å². The molecule has 0 spiro atoms. The molecule has 0 unspecified atom stereocenters. The molecule has 0 bridgehead atoms. The van der Waals surface area contributed by atoms with E-state index in [1.165, 1.54) is 12.1 Å². The van der Waals surface area contributed by atoms with E-state index < -0.39 is 0 Å². The molecule has 0 aliphatic carbocycles. The molecule has 1 rings (SSSR count). The summed E-state index contributed by atoms with van der Waals surface area (Å²) < 4.78 is 12.9. The molecule has 0 fully saturated rings. The highest BCUT2D eigenvalue weighted by molar-refractivity contribution is 5.67. The highest BCUT2D eigenvalue weighted by Gasteiger charge is 2.15. The van der Waals surface area contributed by atoms with E-state index in [4.69, 9.17) is 5.73 Å². The van der Waals surface area contributed by atoms with Crippen molar-refractivity contribution in [3.63, 3.8) is 0 Å². The minimum atomic E-state index is -0.291. The zero-order chi connectivity index (χ0) is 11.6. The molecule has 2 N–H and O–H groups in total. The first-order valence-electron chi connectivity index (χ1n) is 5.06. The van der Waals surface area contributed by atoms with Crippen molar-refractivity contribution >= 4 is 11.4 Å². The van der Waals surface area contributed by atoms with Crippen molar-refractivity contribution in [2.24, 2.45) is 5.41 Å². The van der Waals surface area contributed by atoms with Gasteiger partial charge in [0, 0.05) is 13.6 Å². The Bertz CT molecular complexity index is 342. The van der Waals surface area contributed by atoms with Gasteiger partial charge in [-0.2, -0.15) is 0 Å². The van der Waals surface area contributed by atoms with Crippen LogP contribution < -0.4 is 10.6 Å². The van der Waals surface area contributed by atoms with Crippen LogP contribution in [0.2, 0.25) is 0 Å². The molecule has 2 nitrogen and oxygen atoms in total. The summed E-state index contributed by atoms with van der Waals surface area (Å²) in [6.07, 6.45) is 0. The van der Waals surface area contributed by atoms with E-state index in [1.807, 2.05) is 7.05 Å². The van der Waals surface area contributed by atoms with Gasteiger partial charge in [-0.25, -0.2) is 4.39 Å². The number of hydrogen-bond acceptors (Lipinski definition) is 2. The minimum absolute atomic E-state index is 0.190. The van der Waals surface area contributed by atoms with Gasteiger partial charge >= 0.3 is 0 Å². The zero-order valence-electron chi connectivity index (χ0n) is 9.84. The van der Waals surface area contributed by atoms with Gasteiger partial charge in [0.25, 0.3) is 0 Å². The molecule has 0 aromatic heterocycles. The van der Waals surface area contributed by atoms with Crippen molar-refractivity contribution in [1.29, 1.82) is 0 Å². The SMILES string of the molecule is CN(CC(C)(C)C)c1ccc(F)cc1N. The molecule has 0 saturated carbocycles. The van der Waals surface area contributed by atoms with Crippen molar-refractivity contribution < 1.29 is 4.39 Å². The molecule has 0 aliphatic heterocycles. The third kappa shape index (κ3) is 3.42. The Labute approximate surface area is 90.9 Å². The first-order chi connectivity index (χ1) is 6.79. The van der Waals surface area contributed by atoms with Gasteiger partial charge in [0.2, 0.25) is 0 Å². The standard InChI is InChI=1S/C12H19FN2/c1-12(2,3)8-15(4)11-6-5-9(13)7-10(11)14/h5-7H,8,14H2,1-4H3. The van der Waals surface area contributed by atoms with E-state index in [9.17, 15) is 4.39 Å². The van der Waals surface area contributed by atoms with Crippen LogP contribution in [0, 0.1) is 11.2 Å². The molecule has 0 radical (unpaired) electrons. The fourth-order valence-electron chi connectivity index (χ4n) is 1.67. The first kappa shape index (κ1) is 11.8. The Morgan fingerprint density at radius 3 is 2.40 bits per heavy atom. The lowest BCUT2D eigenvalue weighted by molar-refractivity contribution is 0.419. The summed E-state index contributed by atoms with van der Waals surface area (Å²) in [5.41, 5.74) is 7.32. The summed E-state index contributed by atoms with van der Waals surface area (Å²) in [5, 5.41) is 0. The van der Waals surface area contributed by atoms with Crippen molar-refractivity contribution in [2.75, 3.05) is 24.2 Å². The second kappa shape index (κ2) is 4.09. The number of anilines is 2. The van der Waals surface area contributed by atoms with E-state index in [0.29, 0.717) is 5.69 Å². The second-order valence-corrected chi connectivity index (χ2v) is 5.12. The summed E-state index contributed by atoms with van der Waals surface area (Å²) >= 11 is 0. The molecule has 1 aromatic rings. The maximum absolute atomic E-state index is 12.9. The third-order valence-electron chi connectivity index (χ3n) is 2.11. The topological polar surface area (TPSA) is 29.3 Å². The monoisotopic (exact) mass is 210 g/mol. The second-order valence-electron chi connectivity index (χ2n) is 5.12. The molecule has 0 saturated heterocycles. The maximum atomic E-state index is 12.9. The number of nitrogen functional groups attached to an aromatic ring is 1. The van der Waals surface area contributed by atoms with Gasteiger partial charge in [-0.05, 0) is 23.6 Å². The lowest BCUT2D eigenvalue weighted by Crippen LogP contribution is -2.29. The fourth-order valence-corrected chi connectivity index (χ4v) is 1.67. The van der Waals surface area contributed by atoms with Crippen molar-refractivity contribution in [2.45, 2.75) is 20.8 Å². The van der Waals surface area contributed by atoms with Gasteiger partial charge < -0.3 is 10.6 Å². The maximum Gasteiger partial charge on any atom is 0.125 e. The Morgan fingerprint density at radius 2 is 1.93 bits per heavy atom. The van der Waals surface area contributed by atoms with Crippen molar-refractivity contribution in [3.8, 4) is 0 Å². The van der Waals surface area contributed by atoms with Gasteiger partial charge in [-0.3, -0.25) is 0 Å². The fraction of sp³-hybridized carbons (Fsp3) is 0.500. The summed E-state index contributed by atoms with van der Waals surface area (Å²) in [6.45, 7) is 7.35. The number of nitrogens with two attached hydrogens (primary N) is 1. The largest absolute Gasteiger partial charge is 0.397 e. The summed E-state index contributed by atoms with van der Waals surface area (Å²) in [7, 11) is 1.97. The molecule has 0 amide bonds. The molecule has 1 aromatic carbocycles. The lowest BCUT2D eigenvalue weighted by Gasteiger charge is -2.29. The van der Waals surface area contributed by atoms with Crippen LogP contribution in [0.4, 0.5) is 15.8 Å². The van der Waals surface area contributed by atoms with Gasteiger partial charge in [0.15, 0.2) is 0 Å². The molecule has 0 heterocycles. The number of benzene rings is 1. The van der Waals surface area contributed by atoms with E-state index in [-0.39, 0.29) is 11.2 Å². The predicted molar refractivity (Wildman–Crippen MR) is 63.5 cm³/mol. The lowest BCUT2D eigenvalue weighted by atomic mass is 9.96. The molecular formula is C12H19FN2. The quantitative estimate of drug-likeness (QED) is 0.760. The van der Waals surface area contributed by atoms with Gasteiger partial charge in [-0.1, -0.05) is 20.8 Å². The van der Waals surface area contributed by atoms with E-state index in [2.05, 4.69) is 25.7 Å². The van der Waals surface area contributed by atoms with E-state index >= 15 is 0 Å².